The lowest BCUT2D eigenvalue weighted by Gasteiger charge is -2.10. The third kappa shape index (κ3) is 4.20. The minimum absolute atomic E-state index is 0.0743. The first-order valence-electron chi connectivity index (χ1n) is 8.53. The average molecular weight is 364 g/mol. The van der Waals surface area contributed by atoms with Gasteiger partial charge in [0, 0.05) is 31.0 Å². The molecule has 3 aromatic rings. The van der Waals surface area contributed by atoms with Crippen molar-refractivity contribution in [3.8, 4) is 0 Å². The van der Waals surface area contributed by atoms with E-state index in [0.717, 1.165) is 17.0 Å². The molecule has 1 N–H and O–H groups in total. The number of aryl methyl sites for hydroxylation is 2. The lowest BCUT2D eigenvalue weighted by Crippen LogP contribution is -2.24. The van der Waals surface area contributed by atoms with Crippen molar-refractivity contribution in [2.45, 2.75) is 26.9 Å². The molecule has 0 bridgehead atoms. The number of hydrogen-bond donors (Lipinski definition) is 1. The highest BCUT2D eigenvalue weighted by molar-refractivity contribution is 5.98. The van der Waals surface area contributed by atoms with Gasteiger partial charge in [-0.05, 0) is 31.0 Å². The molecule has 0 radical (unpaired) electrons. The Morgan fingerprint density at radius 2 is 1.93 bits per heavy atom. The van der Waals surface area contributed by atoms with Crippen LogP contribution in [0.5, 0.6) is 0 Å². The highest BCUT2D eigenvalue weighted by atomic mass is 16.6. The summed E-state index contributed by atoms with van der Waals surface area (Å²) in [6.07, 6.45) is 3.68. The first-order valence-corrected chi connectivity index (χ1v) is 8.53. The first-order chi connectivity index (χ1) is 13.0. The van der Waals surface area contributed by atoms with Gasteiger partial charge in [-0.25, -0.2) is 4.98 Å². The van der Waals surface area contributed by atoms with Gasteiger partial charge in [-0.1, -0.05) is 36.4 Å². The van der Waals surface area contributed by atoms with E-state index in [-0.39, 0.29) is 11.3 Å². The van der Waals surface area contributed by atoms with Crippen LogP contribution in [-0.4, -0.2) is 20.4 Å². The van der Waals surface area contributed by atoms with Gasteiger partial charge < -0.3 is 9.88 Å². The lowest BCUT2D eigenvalue weighted by atomic mass is 10.1. The number of aromatic nitrogens is 2. The second kappa shape index (κ2) is 7.82. The minimum Gasteiger partial charge on any atom is -0.348 e. The fourth-order valence-corrected chi connectivity index (χ4v) is 2.97. The van der Waals surface area contributed by atoms with Crippen LogP contribution in [0.1, 0.15) is 32.9 Å². The van der Waals surface area contributed by atoms with Gasteiger partial charge in [0.1, 0.15) is 11.4 Å². The Morgan fingerprint density at radius 1 is 1.19 bits per heavy atom. The van der Waals surface area contributed by atoms with Crippen molar-refractivity contribution in [2.75, 3.05) is 0 Å². The third-order valence-corrected chi connectivity index (χ3v) is 4.39. The molecule has 27 heavy (non-hydrogen) atoms. The van der Waals surface area contributed by atoms with Crippen LogP contribution in [0, 0.1) is 24.0 Å². The monoisotopic (exact) mass is 364 g/mol. The van der Waals surface area contributed by atoms with Crippen molar-refractivity contribution in [1.29, 1.82) is 0 Å². The van der Waals surface area contributed by atoms with E-state index in [1.54, 1.807) is 25.3 Å². The molecule has 0 unspecified atom stereocenters. The largest absolute Gasteiger partial charge is 0.348 e. The van der Waals surface area contributed by atoms with Gasteiger partial charge in [-0.2, -0.15) is 0 Å². The molecule has 7 nitrogen and oxygen atoms in total. The molecular weight excluding hydrogens is 344 g/mol. The SMILES string of the molecule is Cc1cccc(C(=O)NCc2cccc(Cn3ccnc3C)c2)c1[N+](=O)[O-]. The van der Waals surface area contributed by atoms with Crippen LogP contribution in [0.15, 0.2) is 54.9 Å². The number of hydrogen-bond acceptors (Lipinski definition) is 4. The van der Waals surface area contributed by atoms with E-state index < -0.39 is 10.8 Å². The van der Waals surface area contributed by atoms with Gasteiger partial charge in [0.15, 0.2) is 0 Å². The van der Waals surface area contributed by atoms with Crippen LogP contribution in [0.2, 0.25) is 0 Å². The maximum atomic E-state index is 12.5. The summed E-state index contributed by atoms with van der Waals surface area (Å²) in [4.78, 5) is 27.4. The van der Waals surface area contributed by atoms with Gasteiger partial charge in [0.2, 0.25) is 0 Å². The van der Waals surface area contributed by atoms with Gasteiger partial charge >= 0.3 is 0 Å². The zero-order chi connectivity index (χ0) is 19.4. The van der Waals surface area contributed by atoms with E-state index in [9.17, 15) is 14.9 Å². The molecule has 138 valence electrons. The molecule has 0 aliphatic rings. The van der Waals surface area contributed by atoms with Crippen LogP contribution in [0.3, 0.4) is 0 Å². The van der Waals surface area contributed by atoms with E-state index in [1.165, 1.54) is 6.07 Å². The Labute approximate surface area is 156 Å². The second-order valence-electron chi connectivity index (χ2n) is 6.33. The number of amides is 1. The van der Waals surface area contributed by atoms with E-state index in [0.29, 0.717) is 18.7 Å². The van der Waals surface area contributed by atoms with Crippen molar-refractivity contribution in [3.63, 3.8) is 0 Å². The minimum atomic E-state index is -0.516. The maximum absolute atomic E-state index is 12.5. The van der Waals surface area contributed by atoms with E-state index >= 15 is 0 Å². The smallest absolute Gasteiger partial charge is 0.285 e. The summed E-state index contributed by atoms with van der Waals surface area (Å²) >= 11 is 0. The molecule has 1 heterocycles. The molecule has 3 rings (SSSR count). The normalized spacial score (nSPS) is 10.6. The first kappa shape index (κ1) is 18.3. The molecule has 0 spiro atoms. The summed E-state index contributed by atoms with van der Waals surface area (Å²) in [5.74, 6) is 0.474. The van der Waals surface area contributed by atoms with Crippen LogP contribution < -0.4 is 5.32 Å². The number of nitrogens with one attached hydrogen (secondary N) is 1. The van der Waals surface area contributed by atoms with Gasteiger partial charge in [0.25, 0.3) is 11.6 Å². The van der Waals surface area contributed by atoms with Crippen molar-refractivity contribution < 1.29 is 9.72 Å². The Kier molecular flexibility index (Phi) is 5.30. The van der Waals surface area contributed by atoms with Crippen LogP contribution in [0.25, 0.3) is 0 Å². The number of imidazole rings is 1. The molecule has 0 aliphatic heterocycles. The van der Waals surface area contributed by atoms with Crippen molar-refractivity contribution in [3.05, 3.63) is 93.1 Å². The van der Waals surface area contributed by atoms with Crippen LogP contribution in [-0.2, 0) is 13.1 Å². The molecule has 2 aromatic carbocycles. The predicted octanol–water partition coefficient (Wildman–Crippen LogP) is 3.39. The quantitative estimate of drug-likeness (QED) is 0.536. The summed E-state index contributed by atoms with van der Waals surface area (Å²) in [7, 11) is 0. The standard InChI is InChI=1S/C20H20N4O3/c1-14-5-3-8-18(19(14)24(26)27)20(25)22-12-16-6-4-7-17(11-16)13-23-10-9-21-15(23)2/h3-11H,12-13H2,1-2H3,(H,22,25). The number of carbonyl (C=O) groups excluding carboxylic acids is 1. The Bertz CT molecular complexity index is 994. The van der Waals surface area contributed by atoms with Crippen molar-refractivity contribution in [2.24, 2.45) is 0 Å². The molecule has 0 saturated heterocycles. The highest BCUT2D eigenvalue weighted by Gasteiger charge is 2.22. The number of nitro groups is 1. The second-order valence-corrected chi connectivity index (χ2v) is 6.33. The number of para-hydroxylation sites is 1. The number of nitro benzene ring substituents is 1. The summed E-state index contributed by atoms with van der Waals surface area (Å²) in [5, 5.41) is 14.0. The number of nitrogens with zero attached hydrogens (tertiary/aromatic N) is 3. The molecular formula is C20H20N4O3. The number of carbonyl (C=O) groups is 1. The summed E-state index contributed by atoms with van der Waals surface area (Å²) in [6.45, 7) is 4.55. The Hall–Kier alpha value is -3.48. The highest BCUT2D eigenvalue weighted by Crippen LogP contribution is 2.23. The lowest BCUT2D eigenvalue weighted by molar-refractivity contribution is -0.385. The maximum Gasteiger partial charge on any atom is 0.285 e. The topological polar surface area (TPSA) is 90.1 Å². The molecule has 7 heteroatoms. The molecule has 1 aromatic heterocycles. The Morgan fingerprint density at radius 3 is 2.63 bits per heavy atom. The third-order valence-electron chi connectivity index (χ3n) is 4.39. The molecule has 0 aliphatic carbocycles. The number of benzene rings is 2. The average Bonchev–Trinajstić information content (AvgIpc) is 3.04. The van der Waals surface area contributed by atoms with Crippen molar-refractivity contribution in [1.82, 2.24) is 14.9 Å². The predicted molar refractivity (Wildman–Crippen MR) is 102 cm³/mol. The fourth-order valence-electron chi connectivity index (χ4n) is 2.97. The van der Waals surface area contributed by atoms with E-state index in [1.807, 2.05) is 42.0 Å². The summed E-state index contributed by atoms with van der Waals surface area (Å²) < 4.78 is 2.04. The van der Waals surface area contributed by atoms with Crippen molar-refractivity contribution >= 4 is 11.6 Å². The zero-order valence-electron chi connectivity index (χ0n) is 15.2. The van der Waals surface area contributed by atoms with E-state index in [2.05, 4.69) is 10.3 Å². The summed E-state index contributed by atoms with van der Waals surface area (Å²) in [5.41, 5.74) is 2.40. The van der Waals surface area contributed by atoms with Gasteiger partial charge in [-0.3, -0.25) is 14.9 Å². The zero-order valence-corrected chi connectivity index (χ0v) is 15.2. The van der Waals surface area contributed by atoms with Crippen LogP contribution >= 0.6 is 0 Å². The number of rotatable bonds is 6. The Balaban J connectivity index is 1.71. The molecule has 0 saturated carbocycles. The van der Waals surface area contributed by atoms with E-state index in [4.69, 9.17) is 0 Å². The molecule has 0 fully saturated rings. The molecule has 1 amide bonds. The fraction of sp³-hybridized carbons (Fsp3) is 0.200. The summed E-state index contributed by atoms with van der Waals surface area (Å²) in [6, 6.07) is 12.6. The van der Waals surface area contributed by atoms with Gasteiger partial charge in [-0.15, -0.1) is 0 Å². The molecule has 0 atom stereocenters. The van der Waals surface area contributed by atoms with Crippen LogP contribution in [0.4, 0.5) is 5.69 Å². The van der Waals surface area contributed by atoms with Gasteiger partial charge in [0.05, 0.1) is 4.92 Å².